The van der Waals surface area contributed by atoms with E-state index < -0.39 is 26.5 Å². The molecule has 0 aromatic rings. The van der Waals surface area contributed by atoms with Gasteiger partial charge in [0.25, 0.3) is 0 Å². The first-order chi connectivity index (χ1) is 38.8. The average molecular weight is 1140 g/mol. The second kappa shape index (κ2) is 65.9. The van der Waals surface area contributed by atoms with Crippen molar-refractivity contribution in [2.24, 2.45) is 5.73 Å². The van der Waals surface area contributed by atoms with Crippen molar-refractivity contribution < 1.29 is 37.6 Å². The fourth-order valence-electron chi connectivity index (χ4n) is 10.9. The van der Waals surface area contributed by atoms with Crippen LogP contribution in [0.4, 0.5) is 0 Å². The molecule has 0 saturated carbocycles. The van der Waals surface area contributed by atoms with Gasteiger partial charge in [-0.2, -0.15) is 0 Å². The maximum absolute atomic E-state index is 12.8. The van der Waals surface area contributed by atoms with Crippen LogP contribution in [0.25, 0.3) is 0 Å². The van der Waals surface area contributed by atoms with Gasteiger partial charge in [0.1, 0.15) is 6.61 Å². The van der Waals surface area contributed by atoms with Crippen molar-refractivity contribution in [3.05, 3.63) is 12.2 Å². The van der Waals surface area contributed by atoms with Crippen LogP contribution in [-0.2, 0) is 32.7 Å². The van der Waals surface area contributed by atoms with E-state index in [1.807, 2.05) is 0 Å². The zero-order chi connectivity index (χ0) is 57.3. The van der Waals surface area contributed by atoms with Crippen LogP contribution < -0.4 is 5.73 Å². The Morgan fingerprint density at radius 1 is 0.367 bits per heavy atom. The molecule has 0 saturated heterocycles. The topological polar surface area (TPSA) is 134 Å². The monoisotopic (exact) mass is 1140 g/mol. The summed E-state index contributed by atoms with van der Waals surface area (Å²) in [5.74, 6) is -0.799. The summed E-state index contributed by atoms with van der Waals surface area (Å²) >= 11 is 0. The molecule has 470 valence electrons. The van der Waals surface area contributed by atoms with Gasteiger partial charge in [0, 0.05) is 19.4 Å². The molecule has 0 fully saturated rings. The second-order valence-electron chi connectivity index (χ2n) is 24.1. The molecule has 79 heavy (non-hydrogen) atoms. The largest absolute Gasteiger partial charge is 0.472 e. The van der Waals surface area contributed by atoms with Crippen molar-refractivity contribution in [1.82, 2.24) is 0 Å². The summed E-state index contributed by atoms with van der Waals surface area (Å²) in [6, 6.07) is 0. The van der Waals surface area contributed by atoms with Gasteiger partial charge in [-0.05, 0) is 38.5 Å². The smallest absolute Gasteiger partial charge is 0.462 e. The molecule has 0 rings (SSSR count). The van der Waals surface area contributed by atoms with Gasteiger partial charge in [-0.25, -0.2) is 4.57 Å². The van der Waals surface area contributed by atoms with Crippen LogP contribution in [0, 0.1) is 0 Å². The Morgan fingerprint density at radius 2 is 0.620 bits per heavy atom. The Balaban J connectivity index is 3.80. The summed E-state index contributed by atoms with van der Waals surface area (Å²) in [5, 5.41) is 0. The summed E-state index contributed by atoms with van der Waals surface area (Å²) < 4.78 is 33.2. The maximum atomic E-state index is 12.8. The first-order valence-corrected chi connectivity index (χ1v) is 36.7. The number of esters is 2. The van der Waals surface area contributed by atoms with E-state index >= 15 is 0 Å². The van der Waals surface area contributed by atoms with Crippen molar-refractivity contribution >= 4 is 19.8 Å². The van der Waals surface area contributed by atoms with Crippen LogP contribution >= 0.6 is 7.82 Å². The number of ether oxygens (including phenoxy) is 2. The van der Waals surface area contributed by atoms with Gasteiger partial charge in [-0.15, -0.1) is 0 Å². The van der Waals surface area contributed by atoms with Crippen LogP contribution in [0.2, 0.25) is 0 Å². The van der Waals surface area contributed by atoms with Crippen molar-refractivity contribution in [3.8, 4) is 0 Å². The number of carbonyl (C=O) groups is 2. The number of rotatable bonds is 68. The number of hydrogen-bond acceptors (Lipinski definition) is 8. The molecule has 2 unspecified atom stereocenters. The lowest BCUT2D eigenvalue weighted by molar-refractivity contribution is -0.161. The minimum absolute atomic E-state index is 0.0579. The van der Waals surface area contributed by atoms with E-state index in [9.17, 15) is 19.0 Å². The number of nitrogens with two attached hydrogens (primary N) is 1. The lowest BCUT2D eigenvalue weighted by Gasteiger charge is -2.19. The van der Waals surface area contributed by atoms with Crippen LogP contribution in [0.1, 0.15) is 386 Å². The highest BCUT2D eigenvalue weighted by Gasteiger charge is 2.26. The molecule has 0 heterocycles. The molecule has 0 radical (unpaired) electrons. The molecule has 0 aromatic heterocycles. The molecule has 3 N–H and O–H groups in total. The Hall–Kier alpha value is -1.25. The predicted molar refractivity (Wildman–Crippen MR) is 340 cm³/mol. The first-order valence-electron chi connectivity index (χ1n) is 35.2. The summed E-state index contributed by atoms with van der Waals surface area (Å²) in [5.41, 5.74) is 5.40. The molecule has 0 aromatic carbocycles. The maximum Gasteiger partial charge on any atom is 0.472 e. The quantitative estimate of drug-likeness (QED) is 0.0264. The lowest BCUT2D eigenvalue weighted by atomic mass is 10.0. The Bertz CT molecular complexity index is 1300. The van der Waals surface area contributed by atoms with Gasteiger partial charge < -0.3 is 20.1 Å². The number of unbranched alkanes of at least 4 members (excludes halogenated alkanes) is 53. The molecular formula is C69H136NO8P. The van der Waals surface area contributed by atoms with E-state index in [1.54, 1.807) is 0 Å². The lowest BCUT2D eigenvalue weighted by Crippen LogP contribution is -2.29. The summed E-state index contributed by atoms with van der Waals surface area (Å²) in [7, 11) is -4.39. The van der Waals surface area contributed by atoms with E-state index in [0.717, 1.165) is 32.1 Å². The van der Waals surface area contributed by atoms with E-state index in [0.29, 0.717) is 6.42 Å². The fraction of sp³-hybridized carbons (Fsp3) is 0.942. The highest BCUT2D eigenvalue weighted by molar-refractivity contribution is 7.47. The van der Waals surface area contributed by atoms with E-state index in [-0.39, 0.29) is 38.6 Å². The molecule has 9 nitrogen and oxygen atoms in total. The highest BCUT2D eigenvalue weighted by atomic mass is 31.2. The third-order valence-corrected chi connectivity index (χ3v) is 17.1. The van der Waals surface area contributed by atoms with Gasteiger partial charge in [0.05, 0.1) is 13.2 Å². The number of allylic oxidation sites excluding steroid dienone is 2. The third kappa shape index (κ3) is 65.8. The number of phosphoric acid groups is 1. The number of carbonyl (C=O) groups excluding carboxylic acids is 2. The van der Waals surface area contributed by atoms with E-state index in [4.69, 9.17) is 24.3 Å². The van der Waals surface area contributed by atoms with Crippen molar-refractivity contribution in [3.63, 3.8) is 0 Å². The number of hydrogen-bond donors (Lipinski definition) is 2. The van der Waals surface area contributed by atoms with Gasteiger partial charge >= 0.3 is 19.8 Å². The minimum atomic E-state index is -4.39. The Kier molecular flexibility index (Phi) is 64.9. The summed E-state index contributed by atoms with van der Waals surface area (Å²) in [4.78, 5) is 35.3. The standard InChI is InChI=1S/C69H136NO8P/c1-3-5-7-9-11-13-15-17-19-21-23-25-27-29-30-31-32-33-34-35-36-38-40-42-44-46-48-50-52-54-56-58-60-62-69(72)78-67(66-77-79(73,74)76-64-63-70)65-75-68(71)61-59-57-55-53-51-49-47-45-43-41-39-37-28-26-24-22-20-18-16-14-12-10-8-6-4-2/h21,23,67H,3-20,22,24-66,70H2,1-2H3,(H,73,74)/b23-21-. The van der Waals surface area contributed by atoms with Gasteiger partial charge in [0.2, 0.25) is 0 Å². The first kappa shape index (κ1) is 77.8. The minimum Gasteiger partial charge on any atom is -0.462 e. The third-order valence-electron chi connectivity index (χ3n) is 16.2. The molecule has 0 aliphatic carbocycles. The molecule has 0 bridgehead atoms. The molecular weight excluding hydrogens is 1000 g/mol. The molecule has 0 aliphatic rings. The molecule has 0 amide bonds. The fourth-order valence-corrected chi connectivity index (χ4v) is 11.7. The van der Waals surface area contributed by atoms with Crippen LogP contribution in [0.3, 0.4) is 0 Å². The summed E-state index contributed by atoms with van der Waals surface area (Å²) in [6.07, 6.45) is 78.9. The predicted octanol–water partition coefficient (Wildman–Crippen LogP) is 22.8. The van der Waals surface area contributed by atoms with Gasteiger partial charge in [-0.1, -0.05) is 347 Å². The molecule has 0 aliphatic heterocycles. The Labute approximate surface area is 491 Å². The SMILES string of the molecule is CCCCCCCCCC/C=C\CCCCCCCCCCCCCCCCCCCCCCCC(=O)OC(COC(=O)CCCCCCCCCCCCCCCCCCCCCCCCCCC)COP(=O)(O)OCCN. The normalized spacial score (nSPS) is 12.9. The highest BCUT2D eigenvalue weighted by Crippen LogP contribution is 2.43. The Morgan fingerprint density at radius 3 is 0.899 bits per heavy atom. The zero-order valence-electron chi connectivity index (χ0n) is 52.9. The summed E-state index contributed by atoms with van der Waals surface area (Å²) in [6.45, 7) is 3.84. The van der Waals surface area contributed by atoms with Crippen molar-refractivity contribution in [1.29, 1.82) is 0 Å². The second-order valence-corrected chi connectivity index (χ2v) is 25.6. The van der Waals surface area contributed by atoms with Gasteiger partial charge in [0.15, 0.2) is 6.10 Å². The van der Waals surface area contributed by atoms with E-state index in [1.165, 1.54) is 321 Å². The molecule has 0 spiro atoms. The number of phosphoric ester groups is 1. The zero-order valence-corrected chi connectivity index (χ0v) is 53.8. The van der Waals surface area contributed by atoms with Gasteiger partial charge in [-0.3, -0.25) is 18.6 Å². The van der Waals surface area contributed by atoms with Crippen LogP contribution in [0.5, 0.6) is 0 Å². The van der Waals surface area contributed by atoms with Crippen LogP contribution in [0.15, 0.2) is 12.2 Å². The average Bonchev–Trinajstić information content (AvgIpc) is 3.44. The molecule has 10 heteroatoms. The van der Waals surface area contributed by atoms with Crippen LogP contribution in [-0.4, -0.2) is 49.3 Å². The molecule has 2 atom stereocenters. The van der Waals surface area contributed by atoms with E-state index in [2.05, 4.69) is 26.0 Å². The van der Waals surface area contributed by atoms with Crippen molar-refractivity contribution in [2.75, 3.05) is 26.4 Å². The van der Waals surface area contributed by atoms with Crippen molar-refractivity contribution in [2.45, 2.75) is 392 Å².